The summed E-state index contributed by atoms with van der Waals surface area (Å²) in [6.45, 7) is 10.3. The van der Waals surface area contributed by atoms with Crippen molar-refractivity contribution < 1.29 is 17.5 Å². The lowest BCUT2D eigenvalue weighted by atomic mass is 9.73. The zero-order valence-corrected chi connectivity index (χ0v) is 17.8. The van der Waals surface area contributed by atoms with Crippen LogP contribution in [0.3, 0.4) is 0 Å². The summed E-state index contributed by atoms with van der Waals surface area (Å²) in [6, 6.07) is 12.5. The van der Waals surface area contributed by atoms with E-state index in [0.29, 0.717) is 19.5 Å². The second-order valence-electron chi connectivity index (χ2n) is 8.43. The maximum Gasteiger partial charge on any atom is 0.169 e. The number of nitrogens with one attached hydrogen (secondary N) is 1. The molecule has 28 heavy (non-hydrogen) atoms. The first-order chi connectivity index (χ1) is 13.0. The van der Waals surface area contributed by atoms with E-state index in [1.165, 1.54) is 11.3 Å². The van der Waals surface area contributed by atoms with E-state index in [4.69, 9.17) is 0 Å². The van der Waals surface area contributed by atoms with Crippen LogP contribution in [0.1, 0.15) is 45.2 Å². The normalized spacial score (nSPS) is 17.5. The predicted molar refractivity (Wildman–Crippen MR) is 109 cm³/mol. The Morgan fingerprint density at radius 3 is 2.36 bits per heavy atom. The molecule has 1 aliphatic rings. The molecule has 0 spiro atoms. The molecule has 1 aromatic heterocycles. The fraction of sp³-hybridized carbons (Fsp3) is 0.476. The first kappa shape index (κ1) is 20.8. The SMILES string of the molecule is CC1(C)c2ccccc2N(NCc2cc[n+](CCCS(=O)(=O)[O-])cc2)C1(C)C. The van der Waals surface area contributed by atoms with E-state index in [-0.39, 0.29) is 16.7 Å². The molecule has 0 bridgehead atoms. The lowest BCUT2D eigenvalue weighted by molar-refractivity contribution is -0.696. The fourth-order valence-electron chi connectivity index (χ4n) is 3.74. The Kier molecular flexibility index (Phi) is 5.53. The largest absolute Gasteiger partial charge is 0.748 e. The van der Waals surface area contributed by atoms with Gasteiger partial charge in [-0.15, -0.1) is 0 Å². The van der Waals surface area contributed by atoms with Crippen LogP contribution in [0, 0.1) is 0 Å². The van der Waals surface area contributed by atoms with Gasteiger partial charge in [0.25, 0.3) is 0 Å². The van der Waals surface area contributed by atoms with Crippen molar-refractivity contribution in [2.75, 3.05) is 10.8 Å². The van der Waals surface area contributed by atoms with Crippen molar-refractivity contribution in [3.8, 4) is 0 Å². The molecule has 2 aromatic rings. The summed E-state index contributed by atoms with van der Waals surface area (Å²) < 4.78 is 34.0. The predicted octanol–water partition coefficient (Wildman–Crippen LogP) is 2.49. The molecular formula is C21H29N3O3S. The van der Waals surface area contributed by atoms with Crippen molar-refractivity contribution >= 4 is 15.8 Å². The Morgan fingerprint density at radius 2 is 1.71 bits per heavy atom. The Bertz CT molecular complexity index is 938. The summed E-state index contributed by atoms with van der Waals surface area (Å²) in [5.41, 5.74) is 7.19. The molecular weight excluding hydrogens is 374 g/mol. The minimum absolute atomic E-state index is 0.0121. The van der Waals surface area contributed by atoms with Gasteiger partial charge >= 0.3 is 0 Å². The van der Waals surface area contributed by atoms with Gasteiger partial charge in [0.15, 0.2) is 12.4 Å². The van der Waals surface area contributed by atoms with Gasteiger partial charge in [0, 0.05) is 36.3 Å². The number of pyridine rings is 1. The van der Waals surface area contributed by atoms with Gasteiger partial charge in [0.2, 0.25) is 0 Å². The maximum absolute atomic E-state index is 10.7. The van der Waals surface area contributed by atoms with Crippen molar-refractivity contribution in [2.45, 2.75) is 58.2 Å². The maximum atomic E-state index is 10.7. The van der Waals surface area contributed by atoms with Crippen molar-refractivity contribution in [3.63, 3.8) is 0 Å². The number of para-hydroxylation sites is 1. The molecule has 1 N–H and O–H groups in total. The van der Waals surface area contributed by atoms with Crippen LogP contribution in [0.2, 0.25) is 0 Å². The number of nitrogens with zero attached hydrogens (tertiary/aromatic N) is 2. The van der Waals surface area contributed by atoms with E-state index in [2.05, 4.69) is 62.4 Å². The molecule has 1 aliphatic heterocycles. The first-order valence-corrected chi connectivity index (χ1v) is 11.1. The van der Waals surface area contributed by atoms with Crippen LogP contribution in [0.25, 0.3) is 0 Å². The molecule has 0 amide bonds. The van der Waals surface area contributed by atoms with Crippen LogP contribution in [0.4, 0.5) is 5.69 Å². The number of aromatic nitrogens is 1. The van der Waals surface area contributed by atoms with Crippen molar-refractivity contribution in [1.82, 2.24) is 5.43 Å². The third-order valence-electron chi connectivity index (χ3n) is 6.12. The van der Waals surface area contributed by atoms with Gasteiger partial charge in [-0.25, -0.2) is 18.4 Å². The number of anilines is 1. The van der Waals surface area contributed by atoms with Crippen molar-refractivity contribution in [3.05, 3.63) is 59.9 Å². The smallest absolute Gasteiger partial charge is 0.169 e. The van der Waals surface area contributed by atoms with E-state index < -0.39 is 10.1 Å². The van der Waals surface area contributed by atoms with Crippen LogP contribution in [-0.2, 0) is 28.6 Å². The molecule has 0 saturated heterocycles. The second-order valence-corrected chi connectivity index (χ2v) is 9.95. The molecule has 0 fully saturated rings. The van der Waals surface area contributed by atoms with Crippen LogP contribution < -0.4 is 15.0 Å². The minimum atomic E-state index is -4.14. The zero-order valence-electron chi connectivity index (χ0n) is 17.0. The van der Waals surface area contributed by atoms with E-state index in [1.54, 1.807) is 0 Å². The molecule has 0 unspecified atom stereocenters. The molecule has 7 heteroatoms. The summed E-state index contributed by atoms with van der Waals surface area (Å²) in [6.07, 6.45) is 4.16. The van der Waals surface area contributed by atoms with Crippen LogP contribution in [0.15, 0.2) is 48.8 Å². The molecule has 0 aliphatic carbocycles. The number of rotatable bonds is 7. The molecule has 152 valence electrons. The number of hydrogen-bond donors (Lipinski definition) is 1. The lowest BCUT2D eigenvalue weighted by Crippen LogP contribution is -2.56. The van der Waals surface area contributed by atoms with Crippen LogP contribution in [-0.4, -0.2) is 24.3 Å². The van der Waals surface area contributed by atoms with Crippen LogP contribution >= 0.6 is 0 Å². The van der Waals surface area contributed by atoms with Gasteiger partial charge in [0.05, 0.1) is 21.3 Å². The average Bonchev–Trinajstić information content (AvgIpc) is 2.76. The molecule has 0 atom stereocenters. The van der Waals surface area contributed by atoms with Gasteiger partial charge in [-0.1, -0.05) is 32.0 Å². The summed E-state index contributed by atoms with van der Waals surface area (Å²) in [5.74, 6) is -0.331. The van der Waals surface area contributed by atoms with Gasteiger partial charge in [-0.2, -0.15) is 0 Å². The van der Waals surface area contributed by atoms with Crippen LogP contribution in [0.5, 0.6) is 0 Å². The minimum Gasteiger partial charge on any atom is -0.748 e. The van der Waals surface area contributed by atoms with E-state index in [9.17, 15) is 13.0 Å². The lowest BCUT2D eigenvalue weighted by Gasteiger charge is -2.42. The Morgan fingerprint density at radius 1 is 1.07 bits per heavy atom. The third-order valence-corrected chi connectivity index (χ3v) is 6.91. The zero-order chi connectivity index (χ0) is 20.6. The number of fused-ring (bicyclic) bond motifs is 1. The van der Waals surface area contributed by atoms with E-state index in [0.717, 1.165) is 5.56 Å². The standard InChI is InChI=1S/C21H29N3O3S/c1-20(2)18-8-5-6-9-19(18)24(21(20,3)4)22-16-17-10-13-23(14-11-17)12-7-15-28(25,26)27/h5-6,8-11,13-14,22H,7,12,15-16H2,1-4H3. The number of hydrogen-bond acceptors (Lipinski definition) is 5. The number of aryl methyl sites for hydroxylation is 1. The summed E-state index contributed by atoms with van der Waals surface area (Å²) >= 11 is 0. The summed E-state index contributed by atoms with van der Waals surface area (Å²) in [5, 5.41) is 2.27. The highest BCUT2D eigenvalue weighted by Gasteiger charge is 2.50. The highest BCUT2D eigenvalue weighted by Crippen LogP contribution is 2.50. The second kappa shape index (κ2) is 7.46. The average molecular weight is 404 g/mol. The van der Waals surface area contributed by atoms with Gasteiger partial charge in [0.1, 0.15) is 6.54 Å². The van der Waals surface area contributed by atoms with Gasteiger partial charge in [-0.3, -0.25) is 0 Å². The molecule has 2 heterocycles. The monoisotopic (exact) mass is 403 g/mol. The Balaban J connectivity index is 1.66. The van der Waals surface area contributed by atoms with Gasteiger partial charge in [-0.05, 0) is 31.0 Å². The Labute approximate surface area is 167 Å². The quantitative estimate of drug-likeness (QED) is 0.568. The highest BCUT2D eigenvalue weighted by molar-refractivity contribution is 7.85. The molecule has 3 rings (SSSR count). The highest BCUT2D eigenvalue weighted by atomic mass is 32.2. The molecule has 0 saturated carbocycles. The topological polar surface area (TPSA) is 76.3 Å². The van der Waals surface area contributed by atoms with E-state index >= 15 is 0 Å². The molecule has 0 radical (unpaired) electrons. The first-order valence-electron chi connectivity index (χ1n) is 9.57. The number of hydrazine groups is 1. The van der Waals surface area contributed by atoms with E-state index in [1.807, 2.05) is 29.1 Å². The Hall–Kier alpha value is -1.96. The van der Waals surface area contributed by atoms with Crippen molar-refractivity contribution in [1.29, 1.82) is 0 Å². The molecule has 6 nitrogen and oxygen atoms in total. The third kappa shape index (κ3) is 4.06. The summed E-state index contributed by atoms with van der Waals surface area (Å²) in [7, 11) is -4.14. The summed E-state index contributed by atoms with van der Waals surface area (Å²) in [4.78, 5) is 0. The fourth-order valence-corrected chi connectivity index (χ4v) is 4.22. The molecule has 1 aromatic carbocycles. The van der Waals surface area contributed by atoms with Gasteiger partial charge < -0.3 is 9.56 Å². The van der Waals surface area contributed by atoms with Crippen molar-refractivity contribution in [2.24, 2.45) is 0 Å². The number of benzene rings is 1.